The Hall–Kier alpha value is -2.25. The number of aryl methyl sites for hydroxylation is 1. The molecule has 5 nitrogen and oxygen atoms in total. The number of ether oxygens (including phenoxy) is 2. The molecule has 4 aromatic rings. The summed E-state index contributed by atoms with van der Waals surface area (Å²) < 4.78 is 12.8. The highest BCUT2D eigenvalue weighted by atomic mass is 35.5. The highest BCUT2D eigenvalue weighted by Gasteiger charge is 2.29. The first-order valence-electron chi connectivity index (χ1n) is 11.7. The van der Waals surface area contributed by atoms with Gasteiger partial charge in [0, 0.05) is 44.1 Å². The summed E-state index contributed by atoms with van der Waals surface area (Å²) in [6, 6.07) is 17.1. The standard InChI is InChI=1S/C27H32N2O3S.ClH/c1-17-12-21-23(28-17)6-4-8-25(21)32-16-20(30)15-29-11-10-19(13-18(29)2)27-14-22-24(31-3)7-5-9-26(22)33-27;/h4-9,12,14,18-20,28,30H,10-11,13,15-16H2,1-3H3;1H/t18-,19+,20-;/m0./s1. The van der Waals surface area contributed by atoms with Gasteiger partial charge in [-0.2, -0.15) is 0 Å². The highest BCUT2D eigenvalue weighted by Crippen LogP contribution is 2.40. The van der Waals surface area contributed by atoms with Crippen molar-refractivity contribution in [2.45, 2.75) is 44.8 Å². The van der Waals surface area contributed by atoms with Crippen molar-refractivity contribution >= 4 is 44.7 Å². The van der Waals surface area contributed by atoms with E-state index in [0.29, 0.717) is 25.1 Å². The van der Waals surface area contributed by atoms with E-state index in [1.807, 2.05) is 42.5 Å². The number of thiophene rings is 1. The summed E-state index contributed by atoms with van der Waals surface area (Å²) in [5.41, 5.74) is 2.17. The predicted molar refractivity (Wildman–Crippen MR) is 143 cm³/mol. The Labute approximate surface area is 211 Å². The Morgan fingerprint density at radius 1 is 1.15 bits per heavy atom. The molecule has 34 heavy (non-hydrogen) atoms. The fourth-order valence-corrected chi connectivity index (χ4v) is 6.31. The number of aromatic nitrogens is 1. The Morgan fingerprint density at radius 2 is 1.94 bits per heavy atom. The third-order valence-corrected chi connectivity index (χ3v) is 8.07. The Morgan fingerprint density at radius 3 is 2.74 bits per heavy atom. The lowest BCUT2D eigenvalue weighted by atomic mass is 9.90. The molecule has 1 aliphatic heterocycles. The number of H-pyrrole nitrogens is 1. The molecule has 0 amide bonds. The van der Waals surface area contributed by atoms with Gasteiger partial charge in [0.2, 0.25) is 0 Å². The van der Waals surface area contributed by atoms with Gasteiger partial charge in [0.05, 0.1) is 7.11 Å². The Balaban J connectivity index is 0.00000274. The van der Waals surface area contributed by atoms with Gasteiger partial charge < -0.3 is 19.6 Å². The summed E-state index contributed by atoms with van der Waals surface area (Å²) in [4.78, 5) is 7.18. The van der Waals surface area contributed by atoms with Gasteiger partial charge in [-0.1, -0.05) is 12.1 Å². The second-order valence-electron chi connectivity index (χ2n) is 9.22. The molecule has 1 aliphatic rings. The number of methoxy groups -OCH3 is 1. The first kappa shape index (κ1) is 24.9. The maximum absolute atomic E-state index is 10.7. The second kappa shape index (κ2) is 10.6. The number of fused-ring (bicyclic) bond motifs is 2. The molecule has 182 valence electrons. The average molecular weight is 501 g/mol. The van der Waals surface area contributed by atoms with E-state index < -0.39 is 6.10 Å². The monoisotopic (exact) mass is 500 g/mol. The van der Waals surface area contributed by atoms with Crippen molar-refractivity contribution in [2.24, 2.45) is 0 Å². The normalized spacial score (nSPS) is 19.8. The number of aliphatic hydroxyl groups excluding tert-OH is 1. The van der Waals surface area contributed by atoms with E-state index >= 15 is 0 Å². The van der Waals surface area contributed by atoms with E-state index in [1.54, 1.807) is 7.11 Å². The quantitative estimate of drug-likeness (QED) is 0.320. The minimum atomic E-state index is -0.520. The lowest BCUT2D eigenvalue weighted by molar-refractivity contribution is 0.0408. The van der Waals surface area contributed by atoms with Crippen LogP contribution < -0.4 is 9.47 Å². The number of likely N-dealkylation sites (tertiary alicyclic amines) is 1. The molecule has 0 unspecified atom stereocenters. The van der Waals surface area contributed by atoms with Gasteiger partial charge in [0.1, 0.15) is 24.2 Å². The number of aromatic amines is 1. The molecule has 3 heterocycles. The van der Waals surface area contributed by atoms with Crippen molar-refractivity contribution in [1.29, 1.82) is 0 Å². The van der Waals surface area contributed by atoms with Crippen molar-refractivity contribution in [3.05, 3.63) is 59.1 Å². The van der Waals surface area contributed by atoms with Crippen LogP contribution in [0.4, 0.5) is 0 Å². The topological polar surface area (TPSA) is 57.7 Å². The lowest BCUT2D eigenvalue weighted by Gasteiger charge is -2.38. The van der Waals surface area contributed by atoms with Crippen molar-refractivity contribution in [3.8, 4) is 11.5 Å². The molecule has 1 saturated heterocycles. The maximum Gasteiger partial charge on any atom is 0.128 e. The minimum Gasteiger partial charge on any atom is -0.496 e. The highest BCUT2D eigenvalue weighted by molar-refractivity contribution is 7.19. The number of nitrogens with one attached hydrogen (secondary N) is 1. The molecule has 0 saturated carbocycles. The Bertz CT molecular complexity index is 1250. The first-order chi connectivity index (χ1) is 16.0. The Kier molecular flexibility index (Phi) is 7.73. The zero-order valence-electron chi connectivity index (χ0n) is 19.9. The SMILES string of the molecule is COc1cccc2sc([C@@H]3CCN(C[C@H](O)COc4cccc5[nH]c(C)cc45)[C@@H](C)C3)cc12.Cl. The fourth-order valence-electron chi connectivity index (χ4n) is 5.09. The number of benzene rings is 2. The molecule has 0 bridgehead atoms. The number of hydrogen-bond acceptors (Lipinski definition) is 5. The third-order valence-electron chi connectivity index (χ3n) is 6.81. The maximum atomic E-state index is 10.7. The van der Waals surface area contributed by atoms with Crippen molar-refractivity contribution in [3.63, 3.8) is 0 Å². The van der Waals surface area contributed by atoms with Crippen LogP contribution in [-0.4, -0.2) is 53.9 Å². The van der Waals surface area contributed by atoms with Gasteiger partial charge in [0.15, 0.2) is 0 Å². The van der Waals surface area contributed by atoms with Crippen molar-refractivity contribution in [1.82, 2.24) is 9.88 Å². The zero-order valence-corrected chi connectivity index (χ0v) is 21.5. The van der Waals surface area contributed by atoms with Crippen LogP contribution in [0.2, 0.25) is 0 Å². The molecule has 5 rings (SSSR count). The summed E-state index contributed by atoms with van der Waals surface area (Å²) in [7, 11) is 1.74. The van der Waals surface area contributed by atoms with Crippen LogP contribution in [0.1, 0.15) is 36.3 Å². The number of nitrogens with zero attached hydrogens (tertiary/aromatic N) is 1. The van der Waals surface area contributed by atoms with Crippen molar-refractivity contribution < 1.29 is 14.6 Å². The predicted octanol–water partition coefficient (Wildman–Crippen LogP) is 6.13. The number of halogens is 1. The van der Waals surface area contributed by atoms with Crippen molar-refractivity contribution in [2.75, 3.05) is 26.8 Å². The fraction of sp³-hybridized carbons (Fsp3) is 0.407. The minimum absolute atomic E-state index is 0. The number of piperidine rings is 1. The molecule has 2 N–H and O–H groups in total. The molecule has 3 atom stereocenters. The van der Waals surface area contributed by atoms with Crippen LogP contribution in [0.15, 0.2) is 48.5 Å². The van der Waals surface area contributed by atoms with Gasteiger partial charge in [-0.25, -0.2) is 0 Å². The van der Waals surface area contributed by atoms with Crippen LogP contribution >= 0.6 is 23.7 Å². The molecule has 0 radical (unpaired) electrons. The van der Waals surface area contributed by atoms with Crippen LogP contribution in [0.3, 0.4) is 0 Å². The lowest BCUT2D eigenvalue weighted by Crippen LogP contribution is -2.45. The van der Waals surface area contributed by atoms with Crippen LogP contribution in [0, 0.1) is 6.92 Å². The zero-order chi connectivity index (χ0) is 22.9. The van der Waals surface area contributed by atoms with Gasteiger partial charge in [-0.3, -0.25) is 4.90 Å². The summed E-state index contributed by atoms with van der Waals surface area (Å²) in [5, 5.41) is 13.0. The van der Waals surface area contributed by atoms with E-state index in [4.69, 9.17) is 9.47 Å². The van der Waals surface area contributed by atoms with E-state index in [-0.39, 0.29) is 12.4 Å². The summed E-state index contributed by atoms with van der Waals surface area (Å²) in [6.45, 7) is 6.24. The molecule has 0 aliphatic carbocycles. The molecular formula is C27H33ClN2O3S. The smallest absolute Gasteiger partial charge is 0.128 e. The van der Waals surface area contributed by atoms with Crippen LogP contribution in [0.25, 0.3) is 21.0 Å². The molecule has 7 heteroatoms. The number of β-amino-alcohol motifs (C(OH)–C–C–N with tert-alkyl or cyclic N) is 1. The number of aliphatic hydroxyl groups is 1. The average Bonchev–Trinajstić information content (AvgIpc) is 3.41. The van der Waals surface area contributed by atoms with Crippen LogP contribution in [-0.2, 0) is 0 Å². The van der Waals surface area contributed by atoms with E-state index in [9.17, 15) is 5.11 Å². The summed E-state index contributed by atoms with van der Waals surface area (Å²) >= 11 is 1.89. The van der Waals surface area contributed by atoms with Gasteiger partial charge in [-0.15, -0.1) is 23.7 Å². The molecular weight excluding hydrogens is 468 g/mol. The second-order valence-corrected chi connectivity index (χ2v) is 10.3. The molecule has 1 fully saturated rings. The molecule has 2 aromatic carbocycles. The largest absolute Gasteiger partial charge is 0.496 e. The molecule has 2 aromatic heterocycles. The van der Waals surface area contributed by atoms with Crippen LogP contribution in [0.5, 0.6) is 11.5 Å². The third kappa shape index (κ3) is 5.05. The first-order valence-corrected chi connectivity index (χ1v) is 12.5. The van der Waals surface area contributed by atoms with Gasteiger partial charge in [0.25, 0.3) is 0 Å². The van der Waals surface area contributed by atoms with E-state index in [0.717, 1.165) is 47.5 Å². The number of rotatable bonds is 7. The number of hydrogen-bond donors (Lipinski definition) is 2. The van der Waals surface area contributed by atoms with E-state index in [2.05, 4.69) is 41.1 Å². The molecule has 0 spiro atoms. The summed E-state index contributed by atoms with van der Waals surface area (Å²) in [6.07, 6.45) is 1.69. The van der Waals surface area contributed by atoms with E-state index in [1.165, 1.54) is 15.0 Å². The van der Waals surface area contributed by atoms with Gasteiger partial charge in [-0.05, 0) is 75.5 Å². The summed E-state index contributed by atoms with van der Waals surface area (Å²) in [5.74, 6) is 2.33. The van der Waals surface area contributed by atoms with Gasteiger partial charge >= 0.3 is 0 Å².